The first-order valence-electron chi connectivity index (χ1n) is 7.86. The van der Waals surface area contributed by atoms with Crippen LogP contribution < -0.4 is 10.1 Å². The first-order valence-corrected chi connectivity index (χ1v) is 8.24. The van der Waals surface area contributed by atoms with Crippen molar-refractivity contribution in [3.8, 4) is 5.75 Å². The molecule has 4 heteroatoms. The Kier molecular flexibility index (Phi) is 4.87. The summed E-state index contributed by atoms with van der Waals surface area (Å²) in [7, 11) is 0. The highest BCUT2D eigenvalue weighted by molar-refractivity contribution is 6.30. The molecular formula is C19H20ClNO2. The second-order valence-electron chi connectivity index (χ2n) is 6.04. The van der Waals surface area contributed by atoms with Crippen molar-refractivity contribution in [2.24, 2.45) is 5.92 Å². The molecule has 0 bridgehead atoms. The Morgan fingerprint density at radius 1 is 1.26 bits per heavy atom. The van der Waals surface area contributed by atoms with Crippen LogP contribution in [0, 0.1) is 12.8 Å². The van der Waals surface area contributed by atoms with Gasteiger partial charge in [-0.3, -0.25) is 4.79 Å². The molecule has 1 amide bonds. The van der Waals surface area contributed by atoms with E-state index >= 15 is 0 Å². The third-order valence-corrected chi connectivity index (χ3v) is 4.25. The minimum absolute atomic E-state index is 0.0280. The lowest BCUT2D eigenvalue weighted by molar-refractivity contribution is -0.124. The van der Waals surface area contributed by atoms with Gasteiger partial charge in [0.15, 0.2) is 6.61 Å². The van der Waals surface area contributed by atoms with E-state index in [1.807, 2.05) is 55.5 Å². The number of aryl methyl sites for hydroxylation is 1. The molecule has 1 atom stereocenters. The number of nitrogens with one attached hydrogen (secondary N) is 1. The van der Waals surface area contributed by atoms with Crippen LogP contribution in [0.5, 0.6) is 5.75 Å². The quantitative estimate of drug-likeness (QED) is 0.858. The number of carbonyl (C=O) groups is 1. The van der Waals surface area contributed by atoms with Crippen LogP contribution in [-0.4, -0.2) is 12.5 Å². The lowest BCUT2D eigenvalue weighted by atomic mass is 10.0. The molecule has 120 valence electrons. The summed E-state index contributed by atoms with van der Waals surface area (Å²) in [4.78, 5) is 12.2. The van der Waals surface area contributed by atoms with Crippen molar-refractivity contribution in [3.05, 3.63) is 64.7 Å². The fourth-order valence-electron chi connectivity index (χ4n) is 2.64. The van der Waals surface area contributed by atoms with Gasteiger partial charge >= 0.3 is 0 Å². The van der Waals surface area contributed by atoms with Crippen LogP contribution in [0.4, 0.5) is 0 Å². The molecule has 0 aromatic heterocycles. The summed E-state index contributed by atoms with van der Waals surface area (Å²) in [5.41, 5.74) is 2.21. The van der Waals surface area contributed by atoms with Crippen LogP contribution in [0.25, 0.3) is 0 Å². The average Bonchev–Trinajstić information content (AvgIpc) is 3.36. The molecule has 0 aliphatic heterocycles. The van der Waals surface area contributed by atoms with E-state index < -0.39 is 0 Å². The van der Waals surface area contributed by atoms with Gasteiger partial charge in [0.25, 0.3) is 5.91 Å². The molecule has 1 aliphatic rings. The zero-order chi connectivity index (χ0) is 16.2. The van der Waals surface area contributed by atoms with E-state index in [1.165, 1.54) is 0 Å². The number of hydrogen-bond acceptors (Lipinski definition) is 2. The zero-order valence-electron chi connectivity index (χ0n) is 13.1. The van der Waals surface area contributed by atoms with E-state index in [9.17, 15) is 4.79 Å². The maximum absolute atomic E-state index is 12.2. The number of ether oxygens (including phenoxy) is 1. The third-order valence-electron chi connectivity index (χ3n) is 4.00. The van der Waals surface area contributed by atoms with Crippen molar-refractivity contribution >= 4 is 17.5 Å². The van der Waals surface area contributed by atoms with Crippen LogP contribution in [0.1, 0.15) is 30.0 Å². The van der Waals surface area contributed by atoms with Crippen LogP contribution in [0.3, 0.4) is 0 Å². The third kappa shape index (κ3) is 4.49. The molecule has 23 heavy (non-hydrogen) atoms. The van der Waals surface area contributed by atoms with E-state index in [4.69, 9.17) is 16.3 Å². The fourth-order valence-corrected chi connectivity index (χ4v) is 2.77. The lowest BCUT2D eigenvalue weighted by Crippen LogP contribution is -2.33. The summed E-state index contributed by atoms with van der Waals surface area (Å²) in [5.74, 6) is 1.13. The molecule has 1 N–H and O–H groups in total. The number of halogens is 1. The van der Waals surface area contributed by atoms with Gasteiger partial charge in [-0.15, -0.1) is 0 Å². The van der Waals surface area contributed by atoms with E-state index in [-0.39, 0.29) is 18.6 Å². The largest absolute Gasteiger partial charge is 0.484 e. The molecule has 2 aromatic carbocycles. The van der Waals surface area contributed by atoms with Gasteiger partial charge in [0, 0.05) is 5.02 Å². The molecule has 0 saturated heterocycles. The Bertz CT molecular complexity index is 680. The molecule has 3 nitrogen and oxygen atoms in total. The Hall–Kier alpha value is -2.00. The first kappa shape index (κ1) is 15.9. The second-order valence-corrected chi connectivity index (χ2v) is 6.48. The molecule has 0 heterocycles. The van der Waals surface area contributed by atoms with Crippen molar-refractivity contribution in [3.63, 3.8) is 0 Å². The van der Waals surface area contributed by atoms with Crippen LogP contribution in [-0.2, 0) is 4.79 Å². The van der Waals surface area contributed by atoms with Gasteiger partial charge in [0.05, 0.1) is 6.04 Å². The van der Waals surface area contributed by atoms with E-state index in [0.29, 0.717) is 10.9 Å². The maximum Gasteiger partial charge on any atom is 0.258 e. The van der Waals surface area contributed by atoms with Crippen molar-refractivity contribution in [1.82, 2.24) is 5.32 Å². The molecule has 0 unspecified atom stereocenters. The molecule has 1 aliphatic carbocycles. The fraction of sp³-hybridized carbons (Fsp3) is 0.316. The van der Waals surface area contributed by atoms with Crippen LogP contribution >= 0.6 is 11.6 Å². The number of hydrogen-bond donors (Lipinski definition) is 1. The number of amides is 1. The standard InChI is InChI=1S/C19H20ClNO2/c1-13-3-2-4-17(11-13)23-12-18(22)21-19(14-5-6-14)15-7-9-16(20)10-8-15/h2-4,7-11,14,19H,5-6,12H2,1H3,(H,21,22)/t19-/m0/s1. The minimum atomic E-state index is -0.0987. The average molecular weight is 330 g/mol. The van der Waals surface area contributed by atoms with Gasteiger partial charge < -0.3 is 10.1 Å². The van der Waals surface area contributed by atoms with Crippen LogP contribution in [0.15, 0.2) is 48.5 Å². The Morgan fingerprint density at radius 2 is 2.00 bits per heavy atom. The summed E-state index contributed by atoms with van der Waals surface area (Å²) in [6.07, 6.45) is 2.29. The highest BCUT2D eigenvalue weighted by Crippen LogP contribution is 2.41. The lowest BCUT2D eigenvalue weighted by Gasteiger charge is -2.19. The van der Waals surface area contributed by atoms with Crippen molar-refractivity contribution in [2.75, 3.05) is 6.61 Å². The maximum atomic E-state index is 12.2. The van der Waals surface area contributed by atoms with Gasteiger partial charge in [-0.2, -0.15) is 0 Å². The van der Waals surface area contributed by atoms with E-state index in [1.54, 1.807) is 0 Å². The summed E-state index contributed by atoms with van der Waals surface area (Å²) < 4.78 is 5.57. The molecule has 0 spiro atoms. The van der Waals surface area contributed by atoms with Gasteiger partial charge in [-0.05, 0) is 61.1 Å². The Morgan fingerprint density at radius 3 is 2.65 bits per heavy atom. The van der Waals surface area contributed by atoms with Crippen molar-refractivity contribution in [1.29, 1.82) is 0 Å². The topological polar surface area (TPSA) is 38.3 Å². The summed E-state index contributed by atoms with van der Waals surface area (Å²) in [5, 5.41) is 3.80. The summed E-state index contributed by atoms with van der Waals surface area (Å²) >= 11 is 5.94. The highest BCUT2D eigenvalue weighted by Gasteiger charge is 2.33. The van der Waals surface area contributed by atoms with Crippen LogP contribution in [0.2, 0.25) is 5.02 Å². The Labute approximate surface area is 141 Å². The molecule has 2 aromatic rings. The van der Waals surface area contributed by atoms with Crippen molar-refractivity contribution in [2.45, 2.75) is 25.8 Å². The highest BCUT2D eigenvalue weighted by atomic mass is 35.5. The molecular weight excluding hydrogens is 310 g/mol. The summed E-state index contributed by atoms with van der Waals surface area (Å²) in [6.45, 7) is 2.02. The number of carbonyl (C=O) groups excluding carboxylic acids is 1. The number of rotatable bonds is 6. The smallest absolute Gasteiger partial charge is 0.258 e. The van der Waals surface area contributed by atoms with Gasteiger partial charge in [-0.1, -0.05) is 35.9 Å². The molecule has 1 saturated carbocycles. The predicted octanol–water partition coefficient (Wildman–Crippen LogP) is 4.29. The molecule has 0 radical (unpaired) electrons. The van der Waals surface area contributed by atoms with Gasteiger partial charge in [0.1, 0.15) is 5.75 Å². The normalized spacial score (nSPS) is 15.0. The minimum Gasteiger partial charge on any atom is -0.484 e. The molecule has 3 rings (SSSR count). The predicted molar refractivity (Wildman–Crippen MR) is 91.7 cm³/mol. The monoisotopic (exact) mass is 329 g/mol. The van der Waals surface area contributed by atoms with E-state index in [0.717, 1.165) is 29.7 Å². The zero-order valence-corrected chi connectivity index (χ0v) is 13.8. The van der Waals surface area contributed by atoms with E-state index in [2.05, 4.69) is 5.32 Å². The second kappa shape index (κ2) is 7.05. The Balaban J connectivity index is 1.59. The summed E-state index contributed by atoms with van der Waals surface area (Å²) in [6, 6.07) is 15.4. The van der Waals surface area contributed by atoms with Crippen molar-refractivity contribution < 1.29 is 9.53 Å². The first-order chi connectivity index (χ1) is 11.1. The van der Waals surface area contributed by atoms with Gasteiger partial charge in [0.2, 0.25) is 0 Å². The van der Waals surface area contributed by atoms with Gasteiger partial charge in [-0.25, -0.2) is 0 Å². The number of benzene rings is 2. The molecule has 1 fully saturated rings. The SMILES string of the molecule is Cc1cccc(OCC(=O)N[C@H](c2ccc(Cl)cc2)C2CC2)c1.